The fourth-order valence-electron chi connectivity index (χ4n) is 4.23. The number of nitrogens with zero attached hydrogens (tertiary/aromatic N) is 2. The number of aryl methyl sites for hydroxylation is 1. The summed E-state index contributed by atoms with van der Waals surface area (Å²) >= 11 is 0. The number of carbonyl (C=O) groups excluding carboxylic acids is 2. The molecule has 2 amide bonds. The molecular formula is C26H29N3O4. The third-order valence-corrected chi connectivity index (χ3v) is 6.00. The first-order chi connectivity index (χ1) is 16.0. The van der Waals surface area contributed by atoms with Crippen molar-refractivity contribution in [3.05, 3.63) is 65.5 Å². The molecule has 0 atom stereocenters. The van der Waals surface area contributed by atoms with Crippen molar-refractivity contribution < 1.29 is 19.1 Å². The Balaban J connectivity index is 1.70. The van der Waals surface area contributed by atoms with E-state index in [1.165, 1.54) is 7.11 Å². The van der Waals surface area contributed by atoms with Gasteiger partial charge in [-0.3, -0.25) is 9.59 Å². The van der Waals surface area contributed by atoms with E-state index in [-0.39, 0.29) is 17.5 Å². The van der Waals surface area contributed by atoms with Gasteiger partial charge in [-0.2, -0.15) is 0 Å². The predicted molar refractivity (Wildman–Crippen MR) is 128 cm³/mol. The number of methoxy groups -OCH3 is 2. The molecule has 0 spiro atoms. The van der Waals surface area contributed by atoms with Gasteiger partial charge in [-0.05, 0) is 49.6 Å². The van der Waals surface area contributed by atoms with Crippen LogP contribution in [0.5, 0.6) is 11.5 Å². The van der Waals surface area contributed by atoms with Crippen LogP contribution < -0.4 is 14.8 Å². The SMILES string of the molecule is COc1ccc(C(=O)N/C(=C\c2cn(C)c3ccccc23)C(=O)N2CCCCC2)cc1OC. The fourth-order valence-corrected chi connectivity index (χ4v) is 4.23. The minimum Gasteiger partial charge on any atom is -0.493 e. The number of piperidine rings is 1. The highest BCUT2D eigenvalue weighted by atomic mass is 16.5. The molecule has 1 aliphatic heterocycles. The lowest BCUT2D eigenvalue weighted by Gasteiger charge is -2.27. The molecule has 172 valence electrons. The highest BCUT2D eigenvalue weighted by Crippen LogP contribution is 2.28. The van der Waals surface area contributed by atoms with Gasteiger partial charge in [0.2, 0.25) is 0 Å². The Labute approximate surface area is 193 Å². The summed E-state index contributed by atoms with van der Waals surface area (Å²) in [5.74, 6) is 0.432. The number of rotatable bonds is 6. The van der Waals surface area contributed by atoms with E-state index in [1.54, 1.807) is 31.4 Å². The molecule has 1 saturated heterocycles. The van der Waals surface area contributed by atoms with Gasteiger partial charge >= 0.3 is 0 Å². The summed E-state index contributed by atoms with van der Waals surface area (Å²) in [7, 11) is 5.03. The van der Waals surface area contributed by atoms with Crippen molar-refractivity contribution in [2.45, 2.75) is 19.3 Å². The Hall–Kier alpha value is -3.74. The average Bonchev–Trinajstić information content (AvgIpc) is 3.18. The summed E-state index contributed by atoms with van der Waals surface area (Å²) in [5.41, 5.74) is 2.57. The number of para-hydroxylation sites is 1. The molecule has 3 aromatic rings. The number of hydrogen-bond donors (Lipinski definition) is 1. The molecule has 0 bridgehead atoms. The van der Waals surface area contributed by atoms with Crippen LogP contribution in [0.4, 0.5) is 0 Å². The highest BCUT2D eigenvalue weighted by Gasteiger charge is 2.23. The molecule has 1 N–H and O–H groups in total. The molecule has 33 heavy (non-hydrogen) atoms. The molecule has 7 nitrogen and oxygen atoms in total. The molecule has 0 aliphatic carbocycles. The van der Waals surface area contributed by atoms with E-state index in [9.17, 15) is 9.59 Å². The molecule has 1 aromatic heterocycles. The van der Waals surface area contributed by atoms with Gasteiger partial charge in [-0.15, -0.1) is 0 Å². The van der Waals surface area contributed by atoms with E-state index in [4.69, 9.17) is 9.47 Å². The van der Waals surface area contributed by atoms with E-state index >= 15 is 0 Å². The minimum absolute atomic E-state index is 0.170. The first-order valence-corrected chi connectivity index (χ1v) is 11.1. The predicted octanol–water partition coefficient (Wildman–Crippen LogP) is 3.98. The maximum absolute atomic E-state index is 13.4. The number of fused-ring (bicyclic) bond motifs is 1. The van der Waals surface area contributed by atoms with Crippen LogP contribution in [0.15, 0.2) is 54.4 Å². The number of carbonyl (C=O) groups is 2. The minimum atomic E-state index is -0.382. The maximum Gasteiger partial charge on any atom is 0.270 e. The molecule has 0 saturated carbocycles. The number of nitrogens with one attached hydrogen (secondary N) is 1. The summed E-state index contributed by atoms with van der Waals surface area (Å²) in [6, 6.07) is 12.9. The van der Waals surface area contributed by atoms with E-state index in [1.807, 2.05) is 47.0 Å². The van der Waals surface area contributed by atoms with E-state index in [2.05, 4.69) is 5.32 Å². The number of ether oxygens (including phenoxy) is 2. The van der Waals surface area contributed by atoms with Crippen molar-refractivity contribution in [2.24, 2.45) is 7.05 Å². The lowest BCUT2D eigenvalue weighted by atomic mass is 10.1. The Kier molecular flexibility index (Phi) is 6.68. The van der Waals surface area contributed by atoms with Crippen LogP contribution in [-0.2, 0) is 11.8 Å². The second-order valence-corrected chi connectivity index (χ2v) is 8.15. The van der Waals surface area contributed by atoms with Gasteiger partial charge in [0.1, 0.15) is 5.70 Å². The van der Waals surface area contributed by atoms with Gasteiger partial charge in [-0.25, -0.2) is 0 Å². The van der Waals surface area contributed by atoms with Crippen LogP contribution in [0.2, 0.25) is 0 Å². The summed E-state index contributed by atoms with van der Waals surface area (Å²) in [6.07, 6.45) is 6.80. The number of hydrogen-bond acceptors (Lipinski definition) is 4. The zero-order chi connectivity index (χ0) is 23.4. The Morgan fingerprint density at radius 3 is 2.42 bits per heavy atom. The highest BCUT2D eigenvalue weighted by molar-refractivity contribution is 6.06. The quantitative estimate of drug-likeness (QED) is 0.580. The molecule has 1 aliphatic rings. The van der Waals surface area contributed by atoms with E-state index < -0.39 is 0 Å². The van der Waals surface area contributed by atoms with Crippen LogP contribution in [-0.4, -0.2) is 48.6 Å². The van der Waals surface area contributed by atoms with Gasteiger partial charge in [0.25, 0.3) is 11.8 Å². The average molecular weight is 448 g/mol. The molecule has 4 rings (SSSR count). The molecule has 2 heterocycles. The topological polar surface area (TPSA) is 72.8 Å². The van der Waals surface area contributed by atoms with Crippen LogP contribution >= 0.6 is 0 Å². The third-order valence-electron chi connectivity index (χ3n) is 6.00. The van der Waals surface area contributed by atoms with Crippen molar-refractivity contribution >= 4 is 28.8 Å². The largest absolute Gasteiger partial charge is 0.493 e. The summed E-state index contributed by atoms with van der Waals surface area (Å²) in [6.45, 7) is 1.38. The molecule has 2 aromatic carbocycles. The van der Waals surface area contributed by atoms with Crippen molar-refractivity contribution in [3.8, 4) is 11.5 Å². The summed E-state index contributed by atoms with van der Waals surface area (Å²) in [5, 5.41) is 3.88. The Morgan fingerprint density at radius 1 is 0.970 bits per heavy atom. The van der Waals surface area contributed by atoms with Crippen molar-refractivity contribution in [1.29, 1.82) is 0 Å². The van der Waals surface area contributed by atoms with Crippen molar-refractivity contribution in [2.75, 3.05) is 27.3 Å². The number of likely N-dealkylation sites (tertiary alicyclic amines) is 1. The summed E-state index contributed by atoms with van der Waals surface area (Å²) in [4.78, 5) is 28.4. The van der Waals surface area contributed by atoms with Gasteiger partial charge in [0.15, 0.2) is 11.5 Å². The number of aromatic nitrogens is 1. The lowest BCUT2D eigenvalue weighted by Crippen LogP contribution is -2.41. The second kappa shape index (κ2) is 9.81. The number of amides is 2. The van der Waals surface area contributed by atoms with Crippen molar-refractivity contribution in [1.82, 2.24) is 14.8 Å². The normalized spacial score (nSPS) is 14.3. The lowest BCUT2D eigenvalue weighted by molar-refractivity contribution is -0.128. The van der Waals surface area contributed by atoms with Gasteiger partial charge in [0, 0.05) is 48.4 Å². The zero-order valence-corrected chi connectivity index (χ0v) is 19.3. The summed E-state index contributed by atoms with van der Waals surface area (Å²) < 4.78 is 12.6. The van der Waals surface area contributed by atoms with Crippen LogP contribution in [0.25, 0.3) is 17.0 Å². The first kappa shape index (κ1) is 22.5. The molecule has 0 radical (unpaired) electrons. The van der Waals surface area contributed by atoms with Crippen LogP contribution in [0.1, 0.15) is 35.2 Å². The second-order valence-electron chi connectivity index (χ2n) is 8.15. The van der Waals surface area contributed by atoms with Gasteiger partial charge in [0.05, 0.1) is 14.2 Å². The Morgan fingerprint density at radius 2 is 1.70 bits per heavy atom. The van der Waals surface area contributed by atoms with E-state index in [0.29, 0.717) is 30.2 Å². The number of benzene rings is 2. The molecule has 0 unspecified atom stereocenters. The standard InChI is InChI=1S/C26H29N3O4/c1-28-17-19(20-9-5-6-10-22(20)28)15-21(26(31)29-13-7-4-8-14-29)27-25(30)18-11-12-23(32-2)24(16-18)33-3/h5-6,9-12,15-17H,4,7-8,13-14H2,1-3H3,(H,27,30)/b21-15-. The first-order valence-electron chi connectivity index (χ1n) is 11.1. The van der Waals surface area contributed by atoms with Gasteiger partial charge in [-0.1, -0.05) is 18.2 Å². The van der Waals surface area contributed by atoms with Gasteiger partial charge < -0.3 is 24.3 Å². The smallest absolute Gasteiger partial charge is 0.270 e. The van der Waals surface area contributed by atoms with E-state index in [0.717, 1.165) is 35.7 Å². The molecule has 7 heteroatoms. The van der Waals surface area contributed by atoms with Crippen molar-refractivity contribution in [3.63, 3.8) is 0 Å². The van der Waals surface area contributed by atoms with Crippen LogP contribution in [0.3, 0.4) is 0 Å². The zero-order valence-electron chi connectivity index (χ0n) is 19.3. The monoisotopic (exact) mass is 447 g/mol. The van der Waals surface area contributed by atoms with Crippen LogP contribution in [0, 0.1) is 0 Å². The Bertz CT molecular complexity index is 1210. The molecular weight excluding hydrogens is 418 g/mol. The maximum atomic E-state index is 13.4. The third kappa shape index (κ3) is 4.72. The molecule has 1 fully saturated rings. The fraction of sp³-hybridized carbons (Fsp3) is 0.308.